The Morgan fingerprint density at radius 1 is 1.22 bits per heavy atom. The molecule has 0 radical (unpaired) electrons. The maximum absolute atomic E-state index is 3.61. The van der Waals surface area contributed by atoms with Crippen LogP contribution in [-0.4, -0.2) is 61.7 Å². The quantitative estimate of drug-likeness (QED) is 0.733. The van der Waals surface area contributed by atoms with Crippen LogP contribution in [0.4, 0.5) is 0 Å². The Morgan fingerprint density at radius 3 is 2.61 bits per heavy atom. The van der Waals surface area contributed by atoms with E-state index >= 15 is 0 Å². The average molecular weight is 255 g/mol. The molecule has 0 aliphatic carbocycles. The van der Waals surface area contributed by atoms with Gasteiger partial charge in [-0.1, -0.05) is 13.8 Å². The second-order valence-corrected chi connectivity index (χ2v) is 6.44. The molecule has 1 saturated heterocycles. The van der Waals surface area contributed by atoms with Crippen molar-refractivity contribution in [2.24, 2.45) is 5.92 Å². The molecule has 0 aromatic carbocycles. The SMILES string of the molecule is CC(C)CCNCC(C)N1CCCN(C)CC1C. The van der Waals surface area contributed by atoms with Gasteiger partial charge in [-0.25, -0.2) is 0 Å². The second kappa shape index (κ2) is 8.13. The minimum Gasteiger partial charge on any atom is -0.315 e. The van der Waals surface area contributed by atoms with Gasteiger partial charge in [0.1, 0.15) is 0 Å². The zero-order chi connectivity index (χ0) is 13.5. The molecule has 0 aromatic rings. The van der Waals surface area contributed by atoms with Crippen LogP contribution in [0.2, 0.25) is 0 Å². The molecule has 1 N–H and O–H groups in total. The van der Waals surface area contributed by atoms with Gasteiger partial charge in [0.05, 0.1) is 0 Å². The van der Waals surface area contributed by atoms with Crippen LogP contribution in [0.3, 0.4) is 0 Å². The van der Waals surface area contributed by atoms with E-state index in [9.17, 15) is 0 Å². The van der Waals surface area contributed by atoms with E-state index in [1.54, 1.807) is 0 Å². The third kappa shape index (κ3) is 5.68. The lowest BCUT2D eigenvalue weighted by atomic mass is 10.1. The highest BCUT2D eigenvalue weighted by Crippen LogP contribution is 2.12. The van der Waals surface area contributed by atoms with E-state index in [1.165, 1.54) is 32.5 Å². The van der Waals surface area contributed by atoms with Crippen LogP contribution in [0.25, 0.3) is 0 Å². The van der Waals surface area contributed by atoms with Gasteiger partial charge in [0, 0.05) is 31.7 Å². The summed E-state index contributed by atoms with van der Waals surface area (Å²) in [5, 5.41) is 3.61. The normalized spacial score (nSPS) is 25.3. The lowest BCUT2D eigenvalue weighted by Crippen LogP contribution is -2.47. The summed E-state index contributed by atoms with van der Waals surface area (Å²) in [5.41, 5.74) is 0. The smallest absolute Gasteiger partial charge is 0.0198 e. The van der Waals surface area contributed by atoms with Gasteiger partial charge in [-0.3, -0.25) is 4.90 Å². The van der Waals surface area contributed by atoms with Gasteiger partial charge in [-0.05, 0) is 52.7 Å². The van der Waals surface area contributed by atoms with E-state index in [0.717, 1.165) is 19.0 Å². The number of hydrogen-bond acceptors (Lipinski definition) is 3. The average Bonchev–Trinajstić information content (AvgIpc) is 2.45. The Bertz CT molecular complexity index is 218. The maximum atomic E-state index is 3.61. The fourth-order valence-electron chi connectivity index (χ4n) is 2.86. The summed E-state index contributed by atoms with van der Waals surface area (Å²) in [7, 11) is 2.24. The largest absolute Gasteiger partial charge is 0.315 e. The number of hydrogen-bond donors (Lipinski definition) is 1. The highest BCUT2D eigenvalue weighted by Gasteiger charge is 2.23. The molecule has 3 heteroatoms. The molecule has 1 rings (SSSR count). The first-order valence-electron chi connectivity index (χ1n) is 7.65. The van der Waals surface area contributed by atoms with Crippen LogP contribution in [0.5, 0.6) is 0 Å². The molecule has 1 aliphatic heterocycles. The summed E-state index contributed by atoms with van der Waals surface area (Å²) in [6.07, 6.45) is 2.59. The van der Waals surface area contributed by atoms with Crippen molar-refractivity contribution in [2.75, 3.05) is 39.8 Å². The number of nitrogens with one attached hydrogen (secondary N) is 1. The van der Waals surface area contributed by atoms with Gasteiger partial charge in [-0.15, -0.1) is 0 Å². The highest BCUT2D eigenvalue weighted by atomic mass is 15.3. The van der Waals surface area contributed by atoms with Crippen molar-refractivity contribution in [3.8, 4) is 0 Å². The fourth-order valence-corrected chi connectivity index (χ4v) is 2.86. The first kappa shape index (κ1) is 15.9. The van der Waals surface area contributed by atoms with Crippen LogP contribution in [0, 0.1) is 5.92 Å². The van der Waals surface area contributed by atoms with E-state index in [0.29, 0.717) is 12.1 Å². The molecular weight excluding hydrogens is 222 g/mol. The summed E-state index contributed by atoms with van der Waals surface area (Å²) < 4.78 is 0. The van der Waals surface area contributed by atoms with Crippen molar-refractivity contribution in [3.05, 3.63) is 0 Å². The van der Waals surface area contributed by atoms with Crippen molar-refractivity contribution >= 4 is 0 Å². The zero-order valence-electron chi connectivity index (χ0n) is 13.1. The number of likely N-dealkylation sites (N-methyl/N-ethyl adjacent to an activating group) is 1. The molecule has 1 aliphatic rings. The van der Waals surface area contributed by atoms with Crippen LogP contribution >= 0.6 is 0 Å². The van der Waals surface area contributed by atoms with Gasteiger partial charge in [0.25, 0.3) is 0 Å². The monoisotopic (exact) mass is 255 g/mol. The third-order valence-corrected chi connectivity index (χ3v) is 4.00. The van der Waals surface area contributed by atoms with Crippen molar-refractivity contribution in [2.45, 2.75) is 52.6 Å². The van der Waals surface area contributed by atoms with Crippen molar-refractivity contribution in [3.63, 3.8) is 0 Å². The molecule has 1 heterocycles. The van der Waals surface area contributed by atoms with Crippen molar-refractivity contribution in [1.29, 1.82) is 0 Å². The summed E-state index contributed by atoms with van der Waals surface area (Å²) >= 11 is 0. The van der Waals surface area contributed by atoms with Gasteiger partial charge < -0.3 is 10.2 Å². The van der Waals surface area contributed by atoms with Crippen molar-refractivity contribution < 1.29 is 0 Å². The molecular formula is C15H33N3. The summed E-state index contributed by atoms with van der Waals surface area (Å²) in [5.74, 6) is 0.804. The molecule has 2 unspecified atom stereocenters. The van der Waals surface area contributed by atoms with E-state index in [-0.39, 0.29) is 0 Å². The molecule has 0 bridgehead atoms. The van der Waals surface area contributed by atoms with E-state index < -0.39 is 0 Å². The highest BCUT2D eigenvalue weighted by molar-refractivity contribution is 4.80. The predicted molar refractivity (Wildman–Crippen MR) is 80.1 cm³/mol. The molecule has 2 atom stereocenters. The van der Waals surface area contributed by atoms with Crippen LogP contribution in [0.1, 0.15) is 40.5 Å². The summed E-state index contributed by atoms with van der Waals surface area (Å²) in [6.45, 7) is 15.3. The third-order valence-electron chi connectivity index (χ3n) is 4.00. The van der Waals surface area contributed by atoms with Crippen LogP contribution in [-0.2, 0) is 0 Å². The Labute approximate surface area is 114 Å². The Hall–Kier alpha value is -0.120. The first-order valence-corrected chi connectivity index (χ1v) is 7.65. The first-order chi connectivity index (χ1) is 8.50. The number of rotatable bonds is 6. The van der Waals surface area contributed by atoms with E-state index in [1.807, 2.05) is 0 Å². The molecule has 0 spiro atoms. The maximum Gasteiger partial charge on any atom is 0.0198 e. The molecule has 0 amide bonds. The molecule has 3 nitrogen and oxygen atoms in total. The van der Waals surface area contributed by atoms with Gasteiger partial charge in [0.15, 0.2) is 0 Å². The zero-order valence-corrected chi connectivity index (χ0v) is 13.1. The Morgan fingerprint density at radius 2 is 1.94 bits per heavy atom. The minimum atomic E-state index is 0.652. The Kier molecular flexibility index (Phi) is 7.20. The molecule has 0 saturated carbocycles. The minimum absolute atomic E-state index is 0.652. The van der Waals surface area contributed by atoms with Gasteiger partial charge in [0.2, 0.25) is 0 Å². The van der Waals surface area contributed by atoms with Crippen molar-refractivity contribution in [1.82, 2.24) is 15.1 Å². The topological polar surface area (TPSA) is 18.5 Å². The summed E-state index contributed by atoms with van der Waals surface area (Å²) in [6, 6.07) is 1.33. The molecule has 0 aromatic heterocycles. The van der Waals surface area contributed by atoms with Gasteiger partial charge >= 0.3 is 0 Å². The molecule has 1 fully saturated rings. The lowest BCUT2D eigenvalue weighted by molar-refractivity contribution is 0.150. The van der Waals surface area contributed by atoms with E-state index in [4.69, 9.17) is 0 Å². The fraction of sp³-hybridized carbons (Fsp3) is 1.00. The standard InChI is InChI=1S/C15H33N3/c1-13(2)7-8-16-11-14(3)18-10-6-9-17(5)12-15(18)4/h13-16H,6-12H2,1-5H3. The van der Waals surface area contributed by atoms with E-state index in [2.05, 4.69) is 49.9 Å². The van der Waals surface area contributed by atoms with Crippen LogP contribution < -0.4 is 5.32 Å². The second-order valence-electron chi connectivity index (χ2n) is 6.44. The lowest BCUT2D eigenvalue weighted by Gasteiger charge is -2.33. The van der Waals surface area contributed by atoms with Crippen LogP contribution in [0.15, 0.2) is 0 Å². The Balaban J connectivity index is 2.28. The van der Waals surface area contributed by atoms with Gasteiger partial charge in [-0.2, -0.15) is 0 Å². The predicted octanol–water partition coefficient (Wildman–Crippen LogP) is 2.04. The summed E-state index contributed by atoms with van der Waals surface area (Å²) in [4.78, 5) is 5.13. The molecule has 108 valence electrons. The molecule has 18 heavy (non-hydrogen) atoms. The number of nitrogens with zero attached hydrogens (tertiary/aromatic N) is 2.